The van der Waals surface area contributed by atoms with Gasteiger partial charge in [0.2, 0.25) is 5.88 Å². The molecule has 0 N–H and O–H groups in total. The molecule has 5 heteroatoms. The van der Waals surface area contributed by atoms with E-state index in [4.69, 9.17) is 4.74 Å². The number of rotatable bonds is 8. The van der Waals surface area contributed by atoms with Crippen LogP contribution in [0.3, 0.4) is 0 Å². The van der Waals surface area contributed by atoms with Gasteiger partial charge in [-0.25, -0.2) is 9.37 Å². The molecule has 1 aromatic carbocycles. The first-order valence-electron chi connectivity index (χ1n) is 9.36. The van der Waals surface area contributed by atoms with E-state index in [0.29, 0.717) is 11.4 Å². The van der Waals surface area contributed by atoms with Crippen molar-refractivity contribution in [2.45, 2.75) is 26.5 Å². The lowest BCUT2D eigenvalue weighted by atomic mass is 10.1. The first-order valence-corrected chi connectivity index (χ1v) is 9.36. The molecule has 2 aromatic rings. The third-order valence-electron chi connectivity index (χ3n) is 5.02. The van der Waals surface area contributed by atoms with Crippen molar-refractivity contribution in [2.24, 2.45) is 5.92 Å². The smallest absolute Gasteiger partial charge is 0.213 e. The van der Waals surface area contributed by atoms with Crippen LogP contribution in [0, 0.1) is 11.7 Å². The third-order valence-corrected chi connectivity index (χ3v) is 5.02. The second kappa shape index (κ2) is 9.10. The lowest BCUT2D eigenvalue weighted by Crippen LogP contribution is -2.28. The minimum atomic E-state index is -0.249. The number of benzene rings is 1. The minimum Gasteiger partial charge on any atom is -0.473 e. The number of halogens is 1. The summed E-state index contributed by atoms with van der Waals surface area (Å²) >= 11 is 0. The van der Waals surface area contributed by atoms with E-state index in [0.717, 1.165) is 32.1 Å². The maximum absolute atomic E-state index is 13.6. The predicted molar refractivity (Wildman–Crippen MR) is 102 cm³/mol. The van der Waals surface area contributed by atoms with Gasteiger partial charge in [-0.1, -0.05) is 31.2 Å². The molecule has 0 aliphatic carbocycles. The highest BCUT2D eigenvalue weighted by Gasteiger charge is 2.23. The van der Waals surface area contributed by atoms with Crippen molar-refractivity contribution in [3.63, 3.8) is 0 Å². The summed E-state index contributed by atoms with van der Waals surface area (Å²) in [6.07, 6.45) is 3.13. The second-order valence-corrected chi connectivity index (χ2v) is 7.13. The maximum atomic E-state index is 13.6. The topological polar surface area (TPSA) is 28.6 Å². The van der Waals surface area contributed by atoms with Gasteiger partial charge in [0.25, 0.3) is 0 Å². The van der Waals surface area contributed by atoms with Gasteiger partial charge < -0.3 is 9.64 Å². The summed E-state index contributed by atoms with van der Waals surface area (Å²) in [6, 6.07) is 10.6. The molecule has 4 nitrogen and oxygen atoms in total. The summed E-state index contributed by atoms with van der Waals surface area (Å²) in [7, 11) is 2.19. The van der Waals surface area contributed by atoms with Gasteiger partial charge in [0.05, 0.1) is 0 Å². The molecule has 140 valence electrons. The molecule has 1 aromatic heterocycles. The van der Waals surface area contributed by atoms with Gasteiger partial charge in [-0.15, -0.1) is 0 Å². The monoisotopic (exact) mass is 357 g/mol. The van der Waals surface area contributed by atoms with E-state index in [9.17, 15) is 4.39 Å². The van der Waals surface area contributed by atoms with Crippen molar-refractivity contribution in [2.75, 3.05) is 33.2 Å². The number of likely N-dealkylation sites (tertiary alicyclic amines) is 1. The average molecular weight is 357 g/mol. The summed E-state index contributed by atoms with van der Waals surface area (Å²) < 4.78 is 19.2. The van der Waals surface area contributed by atoms with Crippen LogP contribution in [0.1, 0.15) is 24.5 Å². The van der Waals surface area contributed by atoms with Gasteiger partial charge in [0.1, 0.15) is 12.4 Å². The summed E-state index contributed by atoms with van der Waals surface area (Å²) in [5.41, 5.74) is 1.73. The van der Waals surface area contributed by atoms with E-state index in [1.807, 2.05) is 12.3 Å². The van der Waals surface area contributed by atoms with Crippen LogP contribution < -0.4 is 4.74 Å². The fourth-order valence-electron chi connectivity index (χ4n) is 3.39. The van der Waals surface area contributed by atoms with Gasteiger partial charge in [-0.3, -0.25) is 4.90 Å². The SMILES string of the molecule is CCN(C)C[C@H]1CCN(Cc2ccc(OCc3ccccc3F)nc2)C1. The highest BCUT2D eigenvalue weighted by Crippen LogP contribution is 2.20. The Labute approximate surface area is 155 Å². The van der Waals surface area contributed by atoms with Crippen LogP contribution in [0.25, 0.3) is 0 Å². The molecule has 2 heterocycles. The van der Waals surface area contributed by atoms with Gasteiger partial charge in [0.15, 0.2) is 0 Å². The fourth-order valence-corrected chi connectivity index (χ4v) is 3.39. The number of hydrogen-bond acceptors (Lipinski definition) is 4. The van der Waals surface area contributed by atoms with Crippen LogP contribution in [0.4, 0.5) is 4.39 Å². The van der Waals surface area contributed by atoms with Gasteiger partial charge >= 0.3 is 0 Å². The molecule has 1 aliphatic rings. The van der Waals surface area contributed by atoms with Gasteiger partial charge in [-0.2, -0.15) is 0 Å². The number of pyridine rings is 1. The first kappa shape index (κ1) is 18.8. The van der Waals surface area contributed by atoms with Crippen molar-refractivity contribution < 1.29 is 9.13 Å². The van der Waals surface area contributed by atoms with E-state index < -0.39 is 0 Å². The third kappa shape index (κ3) is 5.26. The molecular formula is C21H28FN3O. The number of nitrogens with zero attached hydrogens (tertiary/aromatic N) is 3. The predicted octanol–water partition coefficient (Wildman–Crippen LogP) is 3.57. The first-order chi connectivity index (χ1) is 12.6. The summed E-state index contributed by atoms with van der Waals surface area (Å²) in [5.74, 6) is 1.04. The van der Waals surface area contributed by atoms with E-state index in [-0.39, 0.29) is 12.4 Å². The van der Waals surface area contributed by atoms with Crippen molar-refractivity contribution in [1.29, 1.82) is 0 Å². The average Bonchev–Trinajstić information content (AvgIpc) is 3.09. The molecule has 1 atom stereocenters. The molecule has 0 bridgehead atoms. The van der Waals surface area contributed by atoms with Crippen molar-refractivity contribution >= 4 is 0 Å². The lowest BCUT2D eigenvalue weighted by molar-refractivity contribution is 0.267. The zero-order valence-electron chi connectivity index (χ0n) is 15.7. The van der Waals surface area contributed by atoms with Crippen LogP contribution in [-0.2, 0) is 13.2 Å². The lowest BCUT2D eigenvalue weighted by Gasteiger charge is -2.20. The normalized spacial score (nSPS) is 17.8. The van der Waals surface area contributed by atoms with Crippen molar-refractivity contribution in [1.82, 2.24) is 14.8 Å². The summed E-state index contributed by atoms with van der Waals surface area (Å²) in [5, 5.41) is 0. The Morgan fingerprint density at radius 2 is 2.12 bits per heavy atom. The fraction of sp³-hybridized carbons (Fsp3) is 0.476. The Morgan fingerprint density at radius 3 is 2.85 bits per heavy atom. The second-order valence-electron chi connectivity index (χ2n) is 7.13. The van der Waals surface area contributed by atoms with Crippen LogP contribution in [0.15, 0.2) is 42.6 Å². The minimum absolute atomic E-state index is 0.192. The van der Waals surface area contributed by atoms with E-state index in [1.165, 1.54) is 24.6 Å². The Kier molecular flexibility index (Phi) is 6.58. The molecule has 1 saturated heterocycles. The molecule has 3 rings (SSSR count). The van der Waals surface area contributed by atoms with Crippen LogP contribution in [-0.4, -0.2) is 48.0 Å². The maximum Gasteiger partial charge on any atom is 0.213 e. The summed E-state index contributed by atoms with van der Waals surface area (Å²) in [6.45, 7) is 7.89. The van der Waals surface area contributed by atoms with E-state index in [1.54, 1.807) is 18.2 Å². The van der Waals surface area contributed by atoms with E-state index >= 15 is 0 Å². The molecule has 0 radical (unpaired) electrons. The Morgan fingerprint density at radius 1 is 1.27 bits per heavy atom. The number of hydrogen-bond donors (Lipinski definition) is 0. The summed E-state index contributed by atoms with van der Waals surface area (Å²) in [4.78, 5) is 9.24. The molecule has 26 heavy (non-hydrogen) atoms. The van der Waals surface area contributed by atoms with E-state index in [2.05, 4.69) is 34.8 Å². The van der Waals surface area contributed by atoms with Crippen molar-refractivity contribution in [3.05, 3.63) is 59.5 Å². The van der Waals surface area contributed by atoms with Gasteiger partial charge in [0, 0.05) is 37.5 Å². The molecule has 0 spiro atoms. The molecule has 0 unspecified atom stereocenters. The zero-order chi connectivity index (χ0) is 18.4. The molecular weight excluding hydrogens is 329 g/mol. The number of aromatic nitrogens is 1. The number of ether oxygens (including phenoxy) is 1. The zero-order valence-corrected chi connectivity index (χ0v) is 15.7. The van der Waals surface area contributed by atoms with Gasteiger partial charge in [-0.05, 0) is 44.1 Å². The highest BCUT2D eigenvalue weighted by atomic mass is 19.1. The van der Waals surface area contributed by atoms with Crippen LogP contribution in [0.5, 0.6) is 5.88 Å². The highest BCUT2D eigenvalue weighted by molar-refractivity contribution is 5.20. The quantitative estimate of drug-likeness (QED) is 0.722. The van der Waals surface area contributed by atoms with Crippen LogP contribution in [0.2, 0.25) is 0 Å². The largest absolute Gasteiger partial charge is 0.473 e. The Hall–Kier alpha value is -1.98. The Balaban J connectivity index is 1.47. The molecule has 0 amide bonds. The Bertz CT molecular complexity index is 692. The molecule has 1 fully saturated rings. The van der Waals surface area contributed by atoms with Crippen LogP contribution >= 0.6 is 0 Å². The molecule has 0 saturated carbocycles. The molecule has 1 aliphatic heterocycles. The van der Waals surface area contributed by atoms with Crippen molar-refractivity contribution in [3.8, 4) is 5.88 Å². The standard InChI is InChI=1S/C21H28FN3O/c1-3-24(2)13-18-10-11-25(15-18)14-17-8-9-21(23-12-17)26-16-19-6-4-5-7-20(19)22/h4-9,12,18H,3,10-11,13-16H2,1-2H3/t18-/m1/s1.